The van der Waals surface area contributed by atoms with Gasteiger partial charge in [-0.05, 0) is 55.9 Å². The van der Waals surface area contributed by atoms with E-state index < -0.39 is 17.4 Å². The Morgan fingerprint density at radius 3 is 2.44 bits per heavy atom. The Morgan fingerprint density at radius 1 is 1.00 bits per heavy atom. The Bertz CT molecular complexity index is 1560. The topological polar surface area (TPSA) is 42.6 Å². The highest BCUT2D eigenvalue weighted by Crippen LogP contribution is 2.36. The fraction of sp³-hybridized carbons (Fsp3) is 0.345. The molecule has 1 atom stereocenters. The first-order valence-electron chi connectivity index (χ1n) is 12.7. The van der Waals surface area contributed by atoms with E-state index in [0.717, 1.165) is 11.6 Å². The van der Waals surface area contributed by atoms with E-state index in [1.54, 1.807) is 28.8 Å². The van der Waals surface area contributed by atoms with Crippen molar-refractivity contribution in [1.82, 2.24) is 14.0 Å². The third-order valence-electron chi connectivity index (χ3n) is 7.22. The van der Waals surface area contributed by atoms with Gasteiger partial charge in [0, 0.05) is 19.6 Å². The number of nitrogens with zero attached hydrogens (tertiary/aromatic N) is 4. The normalized spacial score (nSPS) is 16.0. The number of hydrogen-bond acceptors (Lipinski definition) is 4. The zero-order valence-electron chi connectivity index (χ0n) is 22.0. The summed E-state index contributed by atoms with van der Waals surface area (Å²) in [6.45, 7) is 1.21. The number of rotatable bonds is 7. The summed E-state index contributed by atoms with van der Waals surface area (Å²) in [4.78, 5) is 17.8. The lowest BCUT2D eigenvalue weighted by atomic mass is 10.1. The molecule has 4 aromatic rings. The molecule has 0 bridgehead atoms. The van der Waals surface area contributed by atoms with Gasteiger partial charge in [0.2, 0.25) is 0 Å². The number of alkyl halides is 3. The minimum absolute atomic E-state index is 0.00946. The molecular formula is C29H30F4N4O2. The SMILES string of the molecule is COc1cccc2c1n(Cc1ccccc1C(F)(F)F)c(=O)n2C1CCN(c2c(F)cccc2CN(C)C)C1. The maximum atomic E-state index is 15.1. The number of methoxy groups -OCH3 is 1. The molecule has 0 amide bonds. The van der Waals surface area contributed by atoms with Crippen LogP contribution in [0.25, 0.3) is 11.0 Å². The molecule has 206 valence electrons. The van der Waals surface area contributed by atoms with E-state index in [2.05, 4.69) is 0 Å². The highest BCUT2D eigenvalue weighted by molar-refractivity contribution is 5.83. The van der Waals surface area contributed by atoms with Gasteiger partial charge in [-0.1, -0.05) is 36.4 Å². The summed E-state index contributed by atoms with van der Waals surface area (Å²) in [6.07, 6.45) is -3.98. The van der Waals surface area contributed by atoms with Crippen LogP contribution in [0.2, 0.25) is 0 Å². The molecule has 0 N–H and O–H groups in total. The maximum absolute atomic E-state index is 15.1. The summed E-state index contributed by atoms with van der Waals surface area (Å²) in [5.74, 6) is 0.0697. The first-order chi connectivity index (χ1) is 18.6. The minimum atomic E-state index is -4.56. The van der Waals surface area contributed by atoms with Crippen LogP contribution in [0.15, 0.2) is 65.5 Å². The number of imidazole rings is 1. The van der Waals surface area contributed by atoms with Crippen molar-refractivity contribution in [2.75, 3.05) is 39.2 Å². The van der Waals surface area contributed by atoms with Crippen LogP contribution >= 0.6 is 0 Å². The van der Waals surface area contributed by atoms with Gasteiger partial charge in [-0.25, -0.2) is 9.18 Å². The van der Waals surface area contributed by atoms with Crippen molar-refractivity contribution in [3.63, 3.8) is 0 Å². The zero-order chi connectivity index (χ0) is 27.9. The van der Waals surface area contributed by atoms with Gasteiger partial charge in [-0.2, -0.15) is 13.2 Å². The van der Waals surface area contributed by atoms with E-state index in [1.165, 1.54) is 35.9 Å². The number of ether oxygens (including phenoxy) is 1. The molecular weight excluding hydrogens is 512 g/mol. The van der Waals surface area contributed by atoms with Crippen molar-refractivity contribution >= 4 is 16.7 Å². The van der Waals surface area contributed by atoms with E-state index in [1.807, 2.05) is 30.0 Å². The molecule has 1 saturated heterocycles. The predicted octanol–water partition coefficient (Wildman–Crippen LogP) is 5.53. The molecule has 1 aromatic heterocycles. The number of anilines is 1. The van der Waals surface area contributed by atoms with Gasteiger partial charge in [0.05, 0.1) is 36.5 Å². The molecule has 6 nitrogen and oxygen atoms in total. The zero-order valence-corrected chi connectivity index (χ0v) is 22.0. The van der Waals surface area contributed by atoms with Gasteiger partial charge in [-0.15, -0.1) is 0 Å². The van der Waals surface area contributed by atoms with Gasteiger partial charge in [-0.3, -0.25) is 9.13 Å². The maximum Gasteiger partial charge on any atom is 0.416 e. The summed E-state index contributed by atoms with van der Waals surface area (Å²) in [6, 6.07) is 15.2. The number of halogens is 4. The van der Waals surface area contributed by atoms with Crippen molar-refractivity contribution in [3.8, 4) is 5.75 Å². The molecule has 0 saturated carbocycles. The molecule has 0 radical (unpaired) electrons. The van der Waals surface area contributed by atoms with Crippen molar-refractivity contribution in [2.45, 2.75) is 31.7 Å². The van der Waals surface area contributed by atoms with Crippen LogP contribution in [0, 0.1) is 5.82 Å². The van der Waals surface area contributed by atoms with Gasteiger partial charge in [0.25, 0.3) is 0 Å². The molecule has 5 rings (SSSR count). The van der Waals surface area contributed by atoms with E-state index in [-0.39, 0.29) is 24.0 Å². The van der Waals surface area contributed by atoms with E-state index in [4.69, 9.17) is 4.74 Å². The predicted molar refractivity (Wildman–Crippen MR) is 143 cm³/mol. The third kappa shape index (κ3) is 5.01. The Labute approximate surface area is 223 Å². The van der Waals surface area contributed by atoms with E-state index >= 15 is 4.39 Å². The summed E-state index contributed by atoms with van der Waals surface area (Å²) in [5.41, 5.74) is 1.14. The average molecular weight is 543 g/mol. The van der Waals surface area contributed by atoms with E-state index in [9.17, 15) is 18.0 Å². The first-order valence-corrected chi connectivity index (χ1v) is 12.7. The first kappa shape index (κ1) is 26.8. The highest BCUT2D eigenvalue weighted by Gasteiger charge is 2.34. The lowest BCUT2D eigenvalue weighted by Crippen LogP contribution is -2.30. The lowest BCUT2D eigenvalue weighted by Gasteiger charge is -2.24. The molecule has 0 aliphatic carbocycles. The standard InChI is InChI=1S/C29H30F4N4O2/c1-34(2)16-20-9-6-11-23(30)26(20)35-15-14-21(18-35)37-24-12-7-13-25(39-3)27(24)36(28(37)38)17-19-8-4-5-10-22(19)29(31,32)33/h4-13,21H,14-18H2,1-3H3. The Kier molecular flexibility index (Phi) is 7.15. The molecule has 0 spiro atoms. The number of fused-ring (bicyclic) bond motifs is 1. The van der Waals surface area contributed by atoms with Crippen LogP contribution in [-0.2, 0) is 19.3 Å². The number of aromatic nitrogens is 2. The largest absolute Gasteiger partial charge is 0.494 e. The Morgan fingerprint density at radius 2 is 1.72 bits per heavy atom. The number of para-hydroxylation sites is 2. The molecule has 3 aromatic carbocycles. The minimum Gasteiger partial charge on any atom is -0.494 e. The average Bonchev–Trinajstić information content (AvgIpc) is 3.46. The molecule has 2 heterocycles. The van der Waals surface area contributed by atoms with Crippen molar-refractivity contribution < 1.29 is 22.3 Å². The number of benzene rings is 3. The fourth-order valence-electron chi connectivity index (χ4n) is 5.61. The summed E-state index contributed by atoms with van der Waals surface area (Å²) < 4.78 is 64.8. The smallest absolute Gasteiger partial charge is 0.416 e. The van der Waals surface area contributed by atoms with Crippen LogP contribution in [0.5, 0.6) is 5.75 Å². The summed E-state index contributed by atoms with van der Waals surface area (Å²) >= 11 is 0. The van der Waals surface area contributed by atoms with Gasteiger partial charge in [0.1, 0.15) is 17.1 Å². The highest BCUT2D eigenvalue weighted by atomic mass is 19.4. The van der Waals surface area contributed by atoms with Crippen LogP contribution in [0.3, 0.4) is 0 Å². The molecule has 10 heteroatoms. The monoisotopic (exact) mass is 542 g/mol. The van der Waals surface area contributed by atoms with Crippen LogP contribution < -0.4 is 15.3 Å². The Hall–Kier alpha value is -3.79. The molecule has 1 unspecified atom stereocenters. The lowest BCUT2D eigenvalue weighted by molar-refractivity contribution is -0.138. The molecule has 1 aliphatic rings. The third-order valence-corrected chi connectivity index (χ3v) is 7.22. The van der Waals surface area contributed by atoms with Crippen LogP contribution in [0.4, 0.5) is 23.2 Å². The molecule has 39 heavy (non-hydrogen) atoms. The van der Waals surface area contributed by atoms with Crippen LogP contribution in [-0.4, -0.2) is 48.3 Å². The van der Waals surface area contributed by atoms with Gasteiger partial charge < -0.3 is 14.5 Å². The van der Waals surface area contributed by atoms with Gasteiger partial charge in [0.15, 0.2) is 0 Å². The second-order valence-electron chi connectivity index (χ2n) is 10.1. The van der Waals surface area contributed by atoms with Crippen molar-refractivity contribution in [1.29, 1.82) is 0 Å². The summed E-state index contributed by atoms with van der Waals surface area (Å²) in [5, 5.41) is 0. The number of hydrogen-bond donors (Lipinski definition) is 0. The quantitative estimate of drug-likeness (QED) is 0.288. The molecule has 1 fully saturated rings. The Balaban J connectivity index is 1.58. The second kappa shape index (κ2) is 10.4. The van der Waals surface area contributed by atoms with Crippen molar-refractivity contribution in [2.24, 2.45) is 0 Å². The van der Waals surface area contributed by atoms with Gasteiger partial charge >= 0.3 is 11.9 Å². The van der Waals surface area contributed by atoms with Crippen molar-refractivity contribution in [3.05, 3.63) is 93.7 Å². The van der Waals surface area contributed by atoms with E-state index in [0.29, 0.717) is 48.5 Å². The molecule has 1 aliphatic heterocycles. The second-order valence-corrected chi connectivity index (χ2v) is 10.1. The summed E-state index contributed by atoms with van der Waals surface area (Å²) in [7, 11) is 5.30. The fourth-order valence-corrected chi connectivity index (χ4v) is 5.61. The van der Waals surface area contributed by atoms with Crippen LogP contribution in [0.1, 0.15) is 29.2 Å².